The highest BCUT2D eigenvalue weighted by Gasteiger charge is 2.13. The van der Waals surface area contributed by atoms with E-state index in [4.69, 9.17) is 5.73 Å². The van der Waals surface area contributed by atoms with Crippen LogP contribution in [0.2, 0.25) is 0 Å². The van der Waals surface area contributed by atoms with Gasteiger partial charge >= 0.3 is 0 Å². The monoisotopic (exact) mass is 234 g/mol. The highest BCUT2D eigenvalue weighted by molar-refractivity contribution is 5.45. The van der Waals surface area contributed by atoms with Crippen LogP contribution in [-0.4, -0.2) is 15.0 Å². The van der Waals surface area contributed by atoms with Crippen molar-refractivity contribution < 1.29 is 4.39 Å². The van der Waals surface area contributed by atoms with Gasteiger partial charge in [0.25, 0.3) is 0 Å². The van der Waals surface area contributed by atoms with E-state index in [1.54, 1.807) is 17.7 Å². The average molecular weight is 234 g/mol. The summed E-state index contributed by atoms with van der Waals surface area (Å²) in [5.41, 5.74) is 7.84. The van der Waals surface area contributed by atoms with Gasteiger partial charge in [0, 0.05) is 5.56 Å². The lowest BCUT2D eigenvalue weighted by molar-refractivity contribution is 0.613. The van der Waals surface area contributed by atoms with E-state index in [2.05, 4.69) is 17.2 Å². The number of nitrogen functional groups attached to an aromatic ring is 1. The molecule has 5 heteroatoms. The van der Waals surface area contributed by atoms with E-state index >= 15 is 0 Å². The molecule has 17 heavy (non-hydrogen) atoms. The fourth-order valence-electron chi connectivity index (χ4n) is 1.80. The van der Waals surface area contributed by atoms with Crippen molar-refractivity contribution in [2.24, 2.45) is 0 Å². The third-order valence-electron chi connectivity index (χ3n) is 2.75. The first-order valence-corrected chi connectivity index (χ1v) is 5.60. The zero-order valence-corrected chi connectivity index (χ0v) is 9.94. The number of halogens is 1. The molecule has 0 fully saturated rings. The molecule has 4 nitrogen and oxygen atoms in total. The maximum Gasteiger partial charge on any atom is 0.169 e. The largest absolute Gasteiger partial charge is 0.381 e. The van der Waals surface area contributed by atoms with Crippen LogP contribution >= 0.6 is 0 Å². The van der Waals surface area contributed by atoms with Crippen LogP contribution in [0.15, 0.2) is 18.2 Å². The van der Waals surface area contributed by atoms with Gasteiger partial charge in [-0.2, -0.15) is 0 Å². The summed E-state index contributed by atoms with van der Waals surface area (Å²) in [4.78, 5) is 0. The first-order chi connectivity index (χ1) is 8.15. The number of benzene rings is 1. The predicted octanol–water partition coefficient (Wildman–Crippen LogP) is 2.25. The molecular weight excluding hydrogens is 219 g/mol. The van der Waals surface area contributed by atoms with Crippen molar-refractivity contribution >= 4 is 5.82 Å². The third-order valence-corrected chi connectivity index (χ3v) is 2.75. The van der Waals surface area contributed by atoms with Crippen molar-refractivity contribution in [2.75, 3.05) is 5.73 Å². The second-order valence-corrected chi connectivity index (χ2v) is 3.97. The number of hydrogen-bond donors (Lipinski definition) is 1. The number of nitrogens with zero attached hydrogens (tertiary/aromatic N) is 3. The number of anilines is 1. The van der Waals surface area contributed by atoms with Gasteiger partial charge in [-0.3, -0.25) is 0 Å². The van der Waals surface area contributed by atoms with E-state index < -0.39 is 0 Å². The van der Waals surface area contributed by atoms with Crippen LogP contribution in [0.25, 0.3) is 5.69 Å². The van der Waals surface area contributed by atoms with Gasteiger partial charge in [0.1, 0.15) is 5.82 Å². The molecule has 0 spiro atoms. The fraction of sp³-hybridized carbons (Fsp3) is 0.333. The van der Waals surface area contributed by atoms with E-state index in [-0.39, 0.29) is 5.82 Å². The van der Waals surface area contributed by atoms with E-state index in [9.17, 15) is 4.39 Å². The van der Waals surface area contributed by atoms with Crippen LogP contribution in [0.3, 0.4) is 0 Å². The highest BCUT2D eigenvalue weighted by Crippen LogP contribution is 2.20. The molecule has 0 bridgehead atoms. The summed E-state index contributed by atoms with van der Waals surface area (Å²) in [5.74, 6) is 0.162. The molecule has 2 N–H and O–H groups in total. The number of rotatable bonds is 3. The van der Waals surface area contributed by atoms with E-state index in [1.165, 1.54) is 6.07 Å². The van der Waals surface area contributed by atoms with Crippen molar-refractivity contribution in [3.8, 4) is 5.69 Å². The Kier molecular flexibility index (Phi) is 3.08. The molecule has 90 valence electrons. The van der Waals surface area contributed by atoms with Gasteiger partial charge in [0.05, 0.1) is 11.4 Å². The molecule has 1 heterocycles. The summed E-state index contributed by atoms with van der Waals surface area (Å²) >= 11 is 0. The van der Waals surface area contributed by atoms with Crippen LogP contribution < -0.4 is 5.73 Å². The lowest BCUT2D eigenvalue weighted by Gasteiger charge is -2.09. The fourth-order valence-corrected chi connectivity index (χ4v) is 1.80. The quantitative estimate of drug-likeness (QED) is 0.886. The summed E-state index contributed by atoms with van der Waals surface area (Å²) in [5, 5.41) is 7.83. The van der Waals surface area contributed by atoms with Gasteiger partial charge in [0.15, 0.2) is 5.82 Å². The number of aromatic nitrogens is 3. The van der Waals surface area contributed by atoms with Crippen molar-refractivity contribution in [1.82, 2.24) is 15.0 Å². The van der Waals surface area contributed by atoms with E-state index in [0.717, 1.165) is 18.5 Å². The molecule has 0 aliphatic rings. The van der Waals surface area contributed by atoms with Crippen LogP contribution in [0.1, 0.15) is 24.6 Å². The molecule has 2 aromatic rings. The summed E-state index contributed by atoms with van der Waals surface area (Å²) in [7, 11) is 0. The average Bonchev–Trinajstić information content (AvgIpc) is 2.66. The van der Waals surface area contributed by atoms with Crippen LogP contribution in [0, 0.1) is 12.7 Å². The Bertz CT molecular complexity index is 533. The standard InChI is InChI=1S/C12H15FN4/c1-3-5-11-12(14)15-16-17(11)10-7-4-6-9(13)8(10)2/h4,6-7H,3,5,14H2,1-2H3. The Labute approximate surface area is 99.2 Å². The molecule has 0 radical (unpaired) electrons. The molecule has 0 unspecified atom stereocenters. The normalized spacial score (nSPS) is 10.8. The van der Waals surface area contributed by atoms with Gasteiger partial charge in [-0.1, -0.05) is 24.6 Å². The van der Waals surface area contributed by atoms with E-state index in [0.29, 0.717) is 17.1 Å². The topological polar surface area (TPSA) is 56.7 Å². The van der Waals surface area contributed by atoms with Crippen LogP contribution in [-0.2, 0) is 6.42 Å². The zero-order chi connectivity index (χ0) is 12.4. The number of nitrogens with two attached hydrogens (primary N) is 1. The Morgan fingerprint density at radius 1 is 1.41 bits per heavy atom. The Morgan fingerprint density at radius 2 is 2.18 bits per heavy atom. The van der Waals surface area contributed by atoms with Crippen molar-refractivity contribution in [1.29, 1.82) is 0 Å². The SMILES string of the molecule is CCCc1c(N)nnn1-c1cccc(F)c1C. The minimum Gasteiger partial charge on any atom is -0.381 e. The van der Waals surface area contributed by atoms with Crippen LogP contribution in [0.5, 0.6) is 0 Å². The highest BCUT2D eigenvalue weighted by atomic mass is 19.1. The van der Waals surface area contributed by atoms with Crippen molar-refractivity contribution in [2.45, 2.75) is 26.7 Å². The van der Waals surface area contributed by atoms with E-state index in [1.807, 2.05) is 6.07 Å². The van der Waals surface area contributed by atoms with Gasteiger partial charge in [-0.25, -0.2) is 9.07 Å². The minimum atomic E-state index is -0.251. The molecule has 0 saturated carbocycles. The lowest BCUT2D eigenvalue weighted by atomic mass is 10.1. The molecule has 0 aliphatic carbocycles. The Balaban J connectivity index is 2.56. The third kappa shape index (κ3) is 2.00. The summed E-state index contributed by atoms with van der Waals surface area (Å²) in [6.45, 7) is 3.77. The minimum absolute atomic E-state index is 0.251. The zero-order valence-electron chi connectivity index (χ0n) is 9.94. The molecule has 0 amide bonds. The maximum absolute atomic E-state index is 13.5. The summed E-state index contributed by atoms with van der Waals surface area (Å²) < 4.78 is 15.1. The van der Waals surface area contributed by atoms with Gasteiger partial charge in [-0.15, -0.1) is 5.10 Å². The van der Waals surface area contributed by atoms with Gasteiger partial charge in [-0.05, 0) is 25.5 Å². The lowest BCUT2D eigenvalue weighted by Crippen LogP contribution is -2.06. The Hall–Kier alpha value is -1.91. The van der Waals surface area contributed by atoms with Gasteiger partial charge < -0.3 is 5.73 Å². The molecule has 1 aromatic carbocycles. The van der Waals surface area contributed by atoms with Crippen molar-refractivity contribution in [3.63, 3.8) is 0 Å². The summed E-state index contributed by atoms with van der Waals surface area (Å²) in [6, 6.07) is 4.90. The molecule has 0 aliphatic heterocycles. The van der Waals surface area contributed by atoms with Crippen LogP contribution in [0.4, 0.5) is 10.2 Å². The van der Waals surface area contributed by atoms with Gasteiger partial charge in [0.2, 0.25) is 0 Å². The molecule has 2 rings (SSSR count). The first-order valence-electron chi connectivity index (χ1n) is 5.60. The molecule has 0 saturated heterocycles. The molecule has 0 atom stereocenters. The number of hydrogen-bond acceptors (Lipinski definition) is 3. The second-order valence-electron chi connectivity index (χ2n) is 3.97. The maximum atomic E-state index is 13.5. The van der Waals surface area contributed by atoms with Crippen molar-refractivity contribution in [3.05, 3.63) is 35.3 Å². The summed E-state index contributed by atoms with van der Waals surface area (Å²) in [6.07, 6.45) is 1.71. The molecule has 1 aromatic heterocycles. The second kappa shape index (κ2) is 4.53. The predicted molar refractivity (Wildman–Crippen MR) is 64.5 cm³/mol. The molecular formula is C12H15FN4. The first kappa shape index (κ1) is 11.6. The Morgan fingerprint density at radius 3 is 2.88 bits per heavy atom. The smallest absolute Gasteiger partial charge is 0.169 e.